The molecule has 1 saturated heterocycles. The summed E-state index contributed by atoms with van der Waals surface area (Å²) in [6.07, 6.45) is 2.39. The minimum Gasteiger partial charge on any atom is -0.481 e. The summed E-state index contributed by atoms with van der Waals surface area (Å²) in [5.74, 6) is 0.388. The first-order valence-electron chi connectivity index (χ1n) is 11.6. The standard InChI is InChI=1S/C26H32N4O4/c1-6-34-26(31)20-13-28-30(22-9-10-33-14-16(22)3)24(20)19-8-7-18(12-21(19)27)23-15(2)11-17(4)29-25(23)32-5/h7-8,11-13,16,22H,6,9-10,14,27H2,1-5H3. The zero-order valence-corrected chi connectivity index (χ0v) is 20.4. The highest BCUT2D eigenvalue weighted by Crippen LogP contribution is 2.39. The number of methoxy groups -OCH3 is 1. The zero-order valence-electron chi connectivity index (χ0n) is 20.4. The number of nitrogen functional groups attached to an aromatic ring is 1. The molecule has 2 aromatic heterocycles. The van der Waals surface area contributed by atoms with Gasteiger partial charge in [-0.25, -0.2) is 9.78 Å². The van der Waals surface area contributed by atoms with Crippen molar-refractivity contribution in [3.05, 3.63) is 47.3 Å². The molecule has 0 spiro atoms. The van der Waals surface area contributed by atoms with Crippen molar-refractivity contribution in [2.45, 2.75) is 40.2 Å². The summed E-state index contributed by atoms with van der Waals surface area (Å²) in [5, 5.41) is 4.62. The topological polar surface area (TPSA) is 101 Å². The van der Waals surface area contributed by atoms with Crippen LogP contribution in [0.4, 0.5) is 5.69 Å². The second-order valence-corrected chi connectivity index (χ2v) is 8.75. The molecule has 0 aliphatic carbocycles. The third-order valence-electron chi connectivity index (χ3n) is 6.30. The van der Waals surface area contributed by atoms with Crippen molar-refractivity contribution in [1.29, 1.82) is 0 Å². The molecule has 3 aromatic rings. The quantitative estimate of drug-likeness (QED) is 0.420. The van der Waals surface area contributed by atoms with Gasteiger partial charge in [-0.3, -0.25) is 4.68 Å². The van der Waals surface area contributed by atoms with Gasteiger partial charge in [-0.05, 0) is 50.5 Å². The Hall–Kier alpha value is -3.39. The minimum atomic E-state index is -0.410. The number of aryl methyl sites for hydroxylation is 2. The van der Waals surface area contributed by atoms with Crippen molar-refractivity contribution >= 4 is 11.7 Å². The van der Waals surface area contributed by atoms with Crippen molar-refractivity contribution in [1.82, 2.24) is 14.8 Å². The smallest absolute Gasteiger partial charge is 0.341 e. The number of aromatic nitrogens is 3. The van der Waals surface area contributed by atoms with E-state index in [1.54, 1.807) is 20.2 Å². The van der Waals surface area contributed by atoms with E-state index >= 15 is 0 Å². The van der Waals surface area contributed by atoms with E-state index < -0.39 is 5.97 Å². The molecule has 1 aromatic carbocycles. The predicted octanol–water partition coefficient (Wildman–Crippen LogP) is 4.59. The third kappa shape index (κ3) is 4.37. The van der Waals surface area contributed by atoms with E-state index in [-0.39, 0.29) is 18.6 Å². The normalized spacial score (nSPS) is 18.0. The maximum atomic E-state index is 12.8. The molecular weight excluding hydrogens is 432 g/mol. The number of anilines is 1. The summed E-state index contributed by atoms with van der Waals surface area (Å²) in [5.41, 5.74) is 12.7. The van der Waals surface area contributed by atoms with Crippen molar-refractivity contribution in [2.75, 3.05) is 32.7 Å². The SMILES string of the molecule is CCOC(=O)c1cnn(C2CCOCC2C)c1-c1ccc(-c2c(C)cc(C)nc2OC)cc1N. The monoisotopic (exact) mass is 464 g/mol. The molecule has 2 atom stereocenters. The highest BCUT2D eigenvalue weighted by atomic mass is 16.5. The Morgan fingerprint density at radius 3 is 2.76 bits per heavy atom. The molecular formula is C26H32N4O4. The molecule has 0 radical (unpaired) electrons. The summed E-state index contributed by atoms with van der Waals surface area (Å²) < 4.78 is 18.4. The molecule has 2 unspecified atom stereocenters. The van der Waals surface area contributed by atoms with Gasteiger partial charge in [-0.1, -0.05) is 19.1 Å². The fourth-order valence-corrected chi connectivity index (χ4v) is 4.71. The first-order chi connectivity index (χ1) is 16.3. The average Bonchev–Trinajstić information content (AvgIpc) is 3.23. The summed E-state index contributed by atoms with van der Waals surface area (Å²) in [6, 6.07) is 7.92. The van der Waals surface area contributed by atoms with Crippen LogP contribution in [0.2, 0.25) is 0 Å². The van der Waals surface area contributed by atoms with Gasteiger partial charge >= 0.3 is 5.97 Å². The van der Waals surface area contributed by atoms with Gasteiger partial charge < -0.3 is 19.9 Å². The van der Waals surface area contributed by atoms with Gasteiger partial charge in [-0.2, -0.15) is 5.10 Å². The van der Waals surface area contributed by atoms with Gasteiger partial charge in [0, 0.05) is 35.0 Å². The Labute approximate surface area is 200 Å². The van der Waals surface area contributed by atoms with Crippen LogP contribution >= 0.6 is 0 Å². The second-order valence-electron chi connectivity index (χ2n) is 8.75. The Bertz CT molecular complexity index is 1200. The lowest BCUT2D eigenvalue weighted by Gasteiger charge is -2.30. The van der Waals surface area contributed by atoms with E-state index in [4.69, 9.17) is 19.9 Å². The van der Waals surface area contributed by atoms with Gasteiger partial charge in [0.1, 0.15) is 5.56 Å². The number of nitrogens with zero attached hydrogens (tertiary/aromatic N) is 3. The van der Waals surface area contributed by atoms with Crippen molar-refractivity contribution in [3.63, 3.8) is 0 Å². The van der Waals surface area contributed by atoms with E-state index in [1.807, 2.05) is 42.8 Å². The summed E-state index contributed by atoms with van der Waals surface area (Å²) in [6.45, 7) is 9.46. The number of carbonyl (C=O) groups excluding carboxylic acids is 1. The highest BCUT2D eigenvalue weighted by molar-refractivity contribution is 5.98. The molecule has 180 valence electrons. The lowest BCUT2D eigenvalue weighted by atomic mass is 9.95. The van der Waals surface area contributed by atoms with E-state index in [2.05, 4.69) is 17.0 Å². The van der Waals surface area contributed by atoms with Crippen LogP contribution in [0, 0.1) is 19.8 Å². The molecule has 0 amide bonds. The number of rotatable bonds is 6. The maximum absolute atomic E-state index is 12.8. The molecule has 8 nitrogen and oxygen atoms in total. The largest absolute Gasteiger partial charge is 0.481 e. The number of ether oxygens (including phenoxy) is 3. The van der Waals surface area contributed by atoms with Crippen LogP contribution in [0.15, 0.2) is 30.5 Å². The fourth-order valence-electron chi connectivity index (χ4n) is 4.71. The van der Waals surface area contributed by atoms with Crippen molar-refractivity contribution < 1.29 is 19.0 Å². The van der Waals surface area contributed by atoms with Crippen molar-refractivity contribution in [3.8, 4) is 28.3 Å². The molecule has 3 heterocycles. The Morgan fingerprint density at radius 2 is 2.09 bits per heavy atom. The second kappa shape index (κ2) is 9.85. The van der Waals surface area contributed by atoms with Gasteiger partial charge in [0.25, 0.3) is 0 Å². The number of pyridine rings is 1. The number of esters is 1. The molecule has 34 heavy (non-hydrogen) atoms. The van der Waals surface area contributed by atoms with Crippen LogP contribution in [0.1, 0.15) is 47.9 Å². The lowest BCUT2D eigenvalue weighted by molar-refractivity contribution is 0.0255. The molecule has 1 aliphatic rings. The van der Waals surface area contributed by atoms with E-state index in [0.29, 0.717) is 36.0 Å². The van der Waals surface area contributed by atoms with Crippen molar-refractivity contribution in [2.24, 2.45) is 5.92 Å². The van der Waals surface area contributed by atoms with Gasteiger partial charge in [0.15, 0.2) is 0 Å². The van der Waals surface area contributed by atoms with Crippen LogP contribution in [-0.4, -0.2) is 47.7 Å². The average molecular weight is 465 g/mol. The molecule has 0 bridgehead atoms. The molecule has 4 rings (SSSR count). The Kier molecular flexibility index (Phi) is 6.88. The van der Waals surface area contributed by atoms with Gasteiger partial charge in [0.2, 0.25) is 5.88 Å². The third-order valence-corrected chi connectivity index (χ3v) is 6.30. The first kappa shape index (κ1) is 23.8. The van der Waals surface area contributed by atoms with Crippen LogP contribution in [0.25, 0.3) is 22.4 Å². The first-order valence-corrected chi connectivity index (χ1v) is 11.6. The van der Waals surface area contributed by atoms with E-state index in [1.165, 1.54) is 0 Å². The number of nitrogens with two attached hydrogens (primary N) is 1. The van der Waals surface area contributed by atoms with Gasteiger partial charge in [-0.15, -0.1) is 0 Å². The lowest BCUT2D eigenvalue weighted by Crippen LogP contribution is -2.29. The maximum Gasteiger partial charge on any atom is 0.341 e. The van der Waals surface area contributed by atoms with E-state index in [0.717, 1.165) is 34.4 Å². The Balaban J connectivity index is 1.85. The summed E-state index contributed by atoms with van der Waals surface area (Å²) in [7, 11) is 1.61. The predicted molar refractivity (Wildman–Crippen MR) is 131 cm³/mol. The van der Waals surface area contributed by atoms with E-state index in [9.17, 15) is 4.79 Å². The van der Waals surface area contributed by atoms with Crippen LogP contribution in [0.3, 0.4) is 0 Å². The van der Waals surface area contributed by atoms with Crippen LogP contribution < -0.4 is 10.5 Å². The fraction of sp³-hybridized carbons (Fsp3) is 0.423. The molecule has 8 heteroatoms. The highest BCUT2D eigenvalue weighted by Gasteiger charge is 2.30. The zero-order chi connectivity index (χ0) is 24.4. The molecule has 0 saturated carbocycles. The summed E-state index contributed by atoms with van der Waals surface area (Å²) >= 11 is 0. The number of hydrogen-bond acceptors (Lipinski definition) is 7. The number of carbonyl (C=O) groups is 1. The van der Waals surface area contributed by atoms with Crippen LogP contribution in [-0.2, 0) is 9.47 Å². The number of benzene rings is 1. The molecule has 2 N–H and O–H groups in total. The van der Waals surface area contributed by atoms with Crippen LogP contribution in [0.5, 0.6) is 5.88 Å². The minimum absolute atomic E-state index is 0.0923. The Morgan fingerprint density at radius 1 is 1.29 bits per heavy atom. The summed E-state index contributed by atoms with van der Waals surface area (Å²) in [4.78, 5) is 17.3. The molecule has 1 aliphatic heterocycles. The number of hydrogen-bond donors (Lipinski definition) is 1. The van der Waals surface area contributed by atoms with Gasteiger partial charge in [0.05, 0.1) is 38.3 Å². The molecule has 1 fully saturated rings.